The molecule has 0 saturated heterocycles. The van der Waals surface area contributed by atoms with Crippen molar-refractivity contribution < 1.29 is 12.9 Å². The van der Waals surface area contributed by atoms with Crippen LogP contribution in [0, 0.1) is 0 Å². The molecular weight excluding hydrogens is 368 g/mol. The van der Waals surface area contributed by atoms with Gasteiger partial charge in [-0.05, 0) is 34.0 Å². The summed E-state index contributed by atoms with van der Waals surface area (Å²) in [4.78, 5) is 0. The Morgan fingerprint density at radius 1 is 0.964 bits per heavy atom. The molecule has 0 atom stereocenters. The fourth-order valence-electron chi connectivity index (χ4n) is 4.03. The molecule has 0 unspecified atom stereocenters. The van der Waals surface area contributed by atoms with Gasteiger partial charge in [0.1, 0.15) is 6.54 Å². The highest BCUT2D eigenvalue weighted by molar-refractivity contribution is 7.92. The van der Waals surface area contributed by atoms with Crippen molar-refractivity contribution in [3.05, 3.63) is 77.4 Å². The van der Waals surface area contributed by atoms with Crippen LogP contribution in [0.1, 0.15) is 16.7 Å². The minimum absolute atomic E-state index is 0.00808. The largest absolute Gasteiger partial charge is 0.324 e. The molecular formula is C23H27N2O2S+. The molecule has 0 aromatic heterocycles. The van der Waals surface area contributed by atoms with Gasteiger partial charge in [-0.15, -0.1) is 0 Å². The quantitative estimate of drug-likeness (QED) is 0.628. The van der Waals surface area contributed by atoms with Gasteiger partial charge in [0.25, 0.3) is 0 Å². The van der Waals surface area contributed by atoms with E-state index in [9.17, 15) is 8.42 Å². The lowest BCUT2D eigenvalue weighted by Gasteiger charge is -2.35. The maximum atomic E-state index is 13.1. The van der Waals surface area contributed by atoms with E-state index in [1.165, 1.54) is 15.4 Å². The first-order valence-corrected chi connectivity index (χ1v) is 11.2. The molecule has 5 heteroatoms. The van der Waals surface area contributed by atoms with Crippen LogP contribution in [-0.4, -0.2) is 40.6 Å². The molecule has 0 aliphatic carbocycles. The molecule has 4 nitrogen and oxygen atoms in total. The van der Waals surface area contributed by atoms with Gasteiger partial charge in [-0.3, -0.25) is 4.31 Å². The first kappa shape index (κ1) is 19.0. The van der Waals surface area contributed by atoms with E-state index in [-0.39, 0.29) is 5.75 Å². The van der Waals surface area contributed by atoms with Crippen molar-refractivity contribution in [2.24, 2.45) is 0 Å². The molecule has 0 fully saturated rings. The summed E-state index contributed by atoms with van der Waals surface area (Å²) in [7, 11) is 2.65. The van der Waals surface area contributed by atoms with Crippen LogP contribution in [0.5, 0.6) is 0 Å². The fourth-order valence-corrected chi connectivity index (χ4v) is 5.30. The van der Waals surface area contributed by atoms with Gasteiger partial charge in [0.05, 0.1) is 32.1 Å². The van der Waals surface area contributed by atoms with Crippen LogP contribution < -0.4 is 4.31 Å². The van der Waals surface area contributed by atoms with Crippen LogP contribution in [0.2, 0.25) is 0 Å². The summed E-state index contributed by atoms with van der Waals surface area (Å²) in [5.41, 5.74) is 4.16. The second-order valence-electron chi connectivity index (χ2n) is 8.38. The maximum Gasteiger partial charge on any atom is 0.239 e. The molecule has 0 N–H and O–H groups in total. The molecule has 0 radical (unpaired) electrons. The van der Waals surface area contributed by atoms with E-state index >= 15 is 0 Å². The number of sulfonamides is 1. The number of nitrogens with zero attached hydrogens (tertiary/aromatic N) is 2. The summed E-state index contributed by atoms with van der Waals surface area (Å²) in [6, 6.07) is 19.8. The van der Waals surface area contributed by atoms with Crippen LogP contribution in [0.3, 0.4) is 0 Å². The SMILES string of the molecule is CN(c1ccc2c(c1)CC[N+](C)(C)C2)S(=O)(=O)Cc1cccc2ccccc12. The summed E-state index contributed by atoms with van der Waals surface area (Å²) < 4.78 is 28.7. The summed E-state index contributed by atoms with van der Waals surface area (Å²) in [5, 5.41) is 2.06. The molecule has 28 heavy (non-hydrogen) atoms. The third kappa shape index (κ3) is 3.64. The first-order valence-electron chi connectivity index (χ1n) is 9.62. The Morgan fingerprint density at radius 2 is 1.71 bits per heavy atom. The fraction of sp³-hybridized carbons (Fsp3) is 0.304. The zero-order valence-corrected chi connectivity index (χ0v) is 17.5. The van der Waals surface area contributed by atoms with Crippen molar-refractivity contribution in [1.82, 2.24) is 0 Å². The van der Waals surface area contributed by atoms with Gasteiger partial charge >= 0.3 is 0 Å². The van der Waals surface area contributed by atoms with Crippen LogP contribution in [0.25, 0.3) is 10.8 Å². The summed E-state index contributed by atoms with van der Waals surface area (Å²) in [6.07, 6.45) is 0.980. The third-order valence-electron chi connectivity index (χ3n) is 5.77. The second-order valence-corrected chi connectivity index (χ2v) is 10.4. The highest BCUT2D eigenvalue weighted by Gasteiger charge is 2.26. The maximum absolute atomic E-state index is 13.1. The van der Waals surface area contributed by atoms with Crippen LogP contribution in [-0.2, 0) is 28.7 Å². The molecule has 3 aromatic carbocycles. The van der Waals surface area contributed by atoms with Gasteiger partial charge in [-0.25, -0.2) is 8.42 Å². The molecule has 4 rings (SSSR count). The van der Waals surface area contributed by atoms with Crippen molar-refractivity contribution in [1.29, 1.82) is 0 Å². The average molecular weight is 396 g/mol. The van der Waals surface area contributed by atoms with E-state index in [2.05, 4.69) is 26.2 Å². The van der Waals surface area contributed by atoms with E-state index in [0.717, 1.165) is 46.0 Å². The predicted octanol–water partition coefficient (Wildman–Crippen LogP) is 3.94. The van der Waals surface area contributed by atoms with Crippen molar-refractivity contribution in [2.45, 2.75) is 18.7 Å². The lowest BCUT2D eigenvalue weighted by atomic mass is 9.98. The Balaban J connectivity index is 1.63. The van der Waals surface area contributed by atoms with Crippen LogP contribution in [0.4, 0.5) is 5.69 Å². The molecule has 0 saturated carbocycles. The topological polar surface area (TPSA) is 37.4 Å². The van der Waals surface area contributed by atoms with Crippen LogP contribution >= 0.6 is 0 Å². The van der Waals surface area contributed by atoms with E-state index < -0.39 is 10.0 Å². The first-order chi connectivity index (χ1) is 13.3. The van der Waals surface area contributed by atoms with E-state index in [1.807, 2.05) is 48.5 Å². The van der Waals surface area contributed by atoms with E-state index in [0.29, 0.717) is 0 Å². The number of quaternary nitrogens is 1. The number of rotatable bonds is 4. The van der Waals surface area contributed by atoms with E-state index in [1.54, 1.807) is 7.05 Å². The molecule has 1 heterocycles. The van der Waals surface area contributed by atoms with Crippen molar-refractivity contribution >= 4 is 26.5 Å². The molecule has 1 aliphatic rings. The van der Waals surface area contributed by atoms with Gasteiger partial charge in [-0.1, -0.05) is 48.5 Å². The summed E-state index contributed by atoms with van der Waals surface area (Å²) in [5.74, 6) is -0.00808. The standard InChI is InChI=1S/C23H27N2O2S/c1-24(22-12-11-20-16-25(2,3)14-13-19(20)15-22)28(26,27)17-21-9-6-8-18-7-4-5-10-23(18)21/h4-12,15H,13-14,16-17H2,1-3H3/q+1. The zero-order chi connectivity index (χ0) is 19.9. The van der Waals surface area contributed by atoms with Crippen molar-refractivity contribution in [3.8, 4) is 0 Å². The normalized spacial score (nSPS) is 16.0. The Morgan fingerprint density at radius 3 is 2.54 bits per heavy atom. The van der Waals surface area contributed by atoms with E-state index in [4.69, 9.17) is 0 Å². The number of anilines is 1. The summed E-state index contributed by atoms with van der Waals surface area (Å²) in [6.45, 7) is 2.06. The Labute approximate surface area is 167 Å². The highest BCUT2D eigenvalue weighted by atomic mass is 32.2. The number of benzene rings is 3. The molecule has 0 amide bonds. The summed E-state index contributed by atoms with van der Waals surface area (Å²) >= 11 is 0. The molecule has 1 aliphatic heterocycles. The zero-order valence-electron chi connectivity index (χ0n) is 16.7. The predicted molar refractivity (Wildman–Crippen MR) is 116 cm³/mol. The Bertz CT molecular complexity index is 1130. The molecule has 146 valence electrons. The monoisotopic (exact) mass is 395 g/mol. The van der Waals surface area contributed by atoms with Gasteiger partial charge < -0.3 is 4.48 Å². The Kier molecular flexibility index (Phi) is 4.68. The number of fused-ring (bicyclic) bond motifs is 2. The van der Waals surface area contributed by atoms with Gasteiger partial charge in [-0.2, -0.15) is 0 Å². The third-order valence-corrected chi connectivity index (χ3v) is 7.49. The smallest absolute Gasteiger partial charge is 0.239 e. The molecule has 0 spiro atoms. The minimum atomic E-state index is -3.48. The second kappa shape index (κ2) is 6.90. The minimum Gasteiger partial charge on any atom is -0.324 e. The Hall–Kier alpha value is -2.37. The van der Waals surface area contributed by atoms with Crippen molar-refractivity contribution in [3.63, 3.8) is 0 Å². The highest BCUT2D eigenvalue weighted by Crippen LogP contribution is 2.29. The molecule has 3 aromatic rings. The van der Waals surface area contributed by atoms with Crippen molar-refractivity contribution in [2.75, 3.05) is 32.0 Å². The van der Waals surface area contributed by atoms with Gasteiger partial charge in [0.15, 0.2) is 0 Å². The van der Waals surface area contributed by atoms with Gasteiger partial charge in [0.2, 0.25) is 10.0 Å². The number of hydrogen-bond donors (Lipinski definition) is 0. The van der Waals surface area contributed by atoms with Crippen LogP contribution in [0.15, 0.2) is 60.7 Å². The number of hydrogen-bond acceptors (Lipinski definition) is 2. The lowest BCUT2D eigenvalue weighted by Crippen LogP contribution is -2.43. The lowest BCUT2D eigenvalue weighted by molar-refractivity contribution is -0.905. The number of likely N-dealkylation sites (N-methyl/N-ethyl adjacent to an activating group) is 1. The average Bonchev–Trinajstić information content (AvgIpc) is 2.66. The molecule has 0 bridgehead atoms. The van der Waals surface area contributed by atoms with Gasteiger partial charge in [0, 0.05) is 19.0 Å².